The summed E-state index contributed by atoms with van der Waals surface area (Å²) in [4.78, 5) is 19.9. The smallest absolute Gasteiger partial charge is 0.250 e. The van der Waals surface area contributed by atoms with Crippen molar-refractivity contribution in [3.05, 3.63) is 71.9 Å². The summed E-state index contributed by atoms with van der Waals surface area (Å²) < 4.78 is 71.3. The lowest BCUT2D eigenvalue weighted by Crippen LogP contribution is -2.74. The lowest BCUT2D eigenvalue weighted by Gasteiger charge is -2.56. The van der Waals surface area contributed by atoms with Gasteiger partial charge in [0.25, 0.3) is 5.69 Å². The normalized spacial score (nSPS) is 24.3. The summed E-state index contributed by atoms with van der Waals surface area (Å²) in [5.41, 5.74) is 10.9. The maximum atomic E-state index is 7.10. The third-order valence-corrected chi connectivity index (χ3v) is 16.8. The van der Waals surface area contributed by atoms with Crippen LogP contribution in [0.25, 0.3) is 22.6 Å². The molecule has 478 valence electrons. The molecule has 3 saturated carbocycles. The van der Waals surface area contributed by atoms with Crippen molar-refractivity contribution in [3.8, 4) is 57.8 Å². The predicted molar refractivity (Wildman–Crippen MR) is 331 cm³/mol. The van der Waals surface area contributed by atoms with Gasteiger partial charge in [0.05, 0.1) is 94.4 Å². The number of nitrogens with zero attached hydrogens (tertiary/aromatic N) is 11. The molecule has 0 bridgehead atoms. The summed E-state index contributed by atoms with van der Waals surface area (Å²) in [7, 11) is 5.77. The van der Waals surface area contributed by atoms with Gasteiger partial charge in [0, 0.05) is 97.7 Å². The fourth-order valence-corrected chi connectivity index (χ4v) is 11.2. The van der Waals surface area contributed by atoms with Crippen LogP contribution in [0.1, 0.15) is 90.1 Å². The Morgan fingerprint density at radius 1 is 0.789 bits per heavy atom. The van der Waals surface area contributed by atoms with Crippen molar-refractivity contribution in [1.82, 2.24) is 40.3 Å². The highest BCUT2D eigenvalue weighted by molar-refractivity contribution is 6.36. The largest absolute Gasteiger partial charge is 0.486 e. The SMILES string of the molecule is COCC#Cc1cnc(/C(C=[NH+]CC2OCC(C)(C)CO2)=N/NC2CC2Oc2cc(C#CCOC3CC3)cnc2-c2cn(CC3OCC(C)(C)CO3)nn2)c(OC2CC2n2nc(-c3ccc(N4CC5(COC5)C4)cc3N(C)C)c[n+]2CC2OCC(C)(C)CO2)c1. The Bertz CT molecular complexity index is 3550. The summed E-state index contributed by atoms with van der Waals surface area (Å²) in [6.07, 6.45) is 10.9. The first kappa shape index (κ1) is 61.7. The van der Waals surface area contributed by atoms with Gasteiger partial charge in [-0.2, -0.15) is 9.78 Å². The molecule has 24 heteroatoms. The topological polar surface area (TPSA) is 225 Å². The van der Waals surface area contributed by atoms with E-state index in [1.54, 1.807) is 24.2 Å². The third-order valence-electron chi connectivity index (χ3n) is 16.8. The lowest BCUT2D eigenvalue weighted by atomic mass is 9.77. The number of benzene rings is 1. The van der Waals surface area contributed by atoms with E-state index in [1.165, 1.54) is 5.69 Å². The Morgan fingerprint density at radius 2 is 1.46 bits per heavy atom. The molecule has 3 aliphatic carbocycles. The van der Waals surface area contributed by atoms with E-state index in [0.29, 0.717) is 130 Å². The van der Waals surface area contributed by atoms with Crippen LogP contribution in [-0.4, -0.2) is 197 Å². The molecule has 0 amide bonds. The molecule has 8 fully saturated rings. The first-order valence-corrected chi connectivity index (χ1v) is 31.5. The summed E-state index contributed by atoms with van der Waals surface area (Å²) in [5, 5.41) is 19.4. The van der Waals surface area contributed by atoms with Gasteiger partial charge in [-0.3, -0.25) is 0 Å². The minimum Gasteiger partial charge on any atom is -0.486 e. The monoisotopic (exact) mass is 1240 g/mol. The van der Waals surface area contributed by atoms with E-state index in [-0.39, 0.29) is 52.6 Å². The van der Waals surface area contributed by atoms with E-state index < -0.39 is 18.9 Å². The molecule has 4 aromatic heterocycles. The van der Waals surface area contributed by atoms with Crippen molar-refractivity contribution in [1.29, 1.82) is 0 Å². The Labute approximate surface area is 526 Å². The van der Waals surface area contributed by atoms with Crippen LogP contribution in [0.4, 0.5) is 11.4 Å². The van der Waals surface area contributed by atoms with Crippen LogP contribution in [0.2, 0.25) is 0 Å². The molecule has 5 aliphatic heterocycles. The van der Waals surface area contributed by atoms with Gasteiger partial charge in [0.1, 0.15) is 54.0 Å². The van der Waals surface area contributed by atoms with Crippen LogP contribution < -0.4 is 34.4 Å². The molecule has 4 unspecified atom stereocenters. The molecular weight excluding hydrogens is 1150 g/mol. The van der Waals surface area contributed by atoms with Gasteiger partial charge in [0.15, 0.2) is 49.8 Å². The van der Waals surface area contributed by atoms with Crippen molar-refractivity contribution in [2.45, 2.75) is 130 Å². The number of methoxy groups -OCH3 is 1. The number of aromatic nitrogens is 8. The average Bonchev–Trinajstić information content (AvgIpc) is 1.45. The molecule has 24 nitrogen and oxygen atoms in total. The zero-order chi connectivity index (χ0) is 62.2. The molecule has 8 aliphatic rings. The number of hydrogen-bond donors (Lipinski definition) is 2. The Balaban J connectivity index is 0.773. The van der Waals surface area contributed by atoms with Gasteiger partial charge in [-0.05, 0) is 48.0 Å². The number of rotatable bonds is 22. The first-order valence-electron chi connectivity index (χ1n) is 31.5. The van der Waals surface area contributed by atoms with Crippen LogP contribution in [-0.2, 0) is 55.7 Å². The fraction of sp³-hybridized carbons (Fsp3) is 0.606. The third kappa shape index (κ3) is 15.1. The minimum absolute atomic E-state index is 0.0581. The van der Waals surface area contributed by atoms with E-state index >= 15 is 0 Å². The van der Waals surface area contributed by atoms with Gasteiger partial charge in [-0.15, -0.1) is 5.10 Å². The fourth-order valence-electron chi connectivity index (χ4n) is 11.2. The molecule has 1 spiro atoms. The van der Waals surface area contributed by atoms with Crippen molar-refractivity contribution in [3.63, 3.8) is 0 Å². The Morgan fingerprint density at radius 3 is 2.13 bits per heavy atom. The molecule has 90 heavy (non-hydrogen) atoms. The molecule has 0 radical (unpaired) electrons. The van der Waals surface area contributed by atoms with Crippen molar-refractivity contribution in [2.75, 3.05) is 117 Å². The van der Waals surface area contributed by atoms with Crippen LogP contribution >= 0.6 is 0 Å². The zero-order valence-corrected chi connectivity index (χ0v) is 53.2. The van der Waals surface area contributed by atoms with E-state index in [4.69, 9.17) is 72.3 Å². The maximum Gasteiger partial charge on any atom is 0.250 e. The highest BCUT2D eigenvalue weighted by atomic mass is 16.7. The Kier molecular flexibility index (Phi) is 17.8. The van der Waals surface area contributed by atoms with E-state index in [2.05, 4.69) is 139 Å². The van der Waals surface area contributed by atoms with Crippen LogP contribution in [0.15, 0.2) is 60.2 Å². The van der Waals surface area contributed by atoms with E-state index in [9.17, 15) is 0 Å². The number of hydrogen-bond acceptors (Lipinski definition) is 20. The molecule has 5 saturated heterocycles. The molecular formula is C66H85N13O11+2. The Hall–Kier alpha value is -7.10. The molecule has 2 N–H and O–H groups in total. The zero-order valence-electron chi connectivity index (χ0n) is 53.2. The molecule has 13 rings (SSSR count). The number of hydrazone groups is 1. The molecule has 9 heterocycles. The number of ether oxygens (including phenoxy) is 11. The van der Waals surface area contributed by atoms with Gasteiger partial charge in [-0.25, -0.2) is 19.6 Å². The van der Waals surface area contributed by atoms with Gasteiger partial charge < -0.3 is 67.3 Å². The average molecular weight is 1240 g/mol. The van der Waals surface area contributed by atoms with Crippen LogP contribution in [0.5, 0.6) is 11.5 Å². The second-order valence-electron chi connectivity index (χ2n) is 27.8. The summed E-state index contributed by atoms with van der Waals surface area (Å²) in [6, 6.07) is 10.1. The first-order chi connectivity index (χ1) is 43.4. The number of nitrogens with one attached hydrogen (secondary N) is 2. The quantitative estimate of drug-likeness (QED) is 0.0437. The van der Waals surface area contributed by atoms with Gasteiger partial charge >= 0.3 is 0 Å². The second-order valence-corrected chi connectivity index (χ2v) is 27.8. The molecule has 4 atom stereocenters. The number of anilines is 2. The van der Waals surface area contributed by atoms with Crippen LogP contribution in [0, 0.1) is 45.3 Å². The molecule has 5 aromatic rings. The van der Waals surface area contributed by atoms with Crippen LogP contribution in [0.3, 0.4) is 0 Å². The van der Waals surface area contributed by atoms with Gasteiger partial charge in [0.2, 0.25) is 6.29 Å². The standard InChI is InChI=1S/C66H84N13O11/c1-63(2)35-83-58(84-36-63)28-67-27-49(71-70-48-23-54(48)89-57-21-44(13-11-19-82-46-15-16-46)26-69-62(57)51-29-77(74-72-51)31-59-85-37-64(3,4)38-86-59)61-56(20-43(25-68-61)12-10-18-80-9)90-55-24-53(55)79-73-50(30-78(79)32-60-87-39-65(5,6)40-88-60)47-17-14-45(22-52(47)75(7)8)76-33-66(34-76)41-81-42-66/h14,17,20-22,25-27,29-30,46,48,53-55,58-60,70H,15-16,18-19,23-24,28,31-42H2,1-9H3/q+1/p+1/b67-27?,71-49+. The predicted octanol–water partition coefficient (Wildman–Crippen LogP) is 3.57. The van der Waals surface area contributed by atoms with Crippen molar-refractivity contribution in [2.24, 2.45) is 26.8 Å². The lowest BCUT2D eigenvalue weighted by molar-refractivity contribution is -0.791. The van der Waals surface area contributed by atoms with E-state index in [1.807, 2.05) is 29.3 Å². The molecule has 1 aromatic carbocycles. The van der Waals surface area contributed by atoms with Gasteiger partial charge in [-0.1, -0.05) is 70.4 Å². The second kappa shape index (κ2) is 25.9. The highest BCUT2D eigenvalue weighted by Gasteiger charge is 2.51. The summed E-state index contributed by atoms with van der Waals surface area (Å²) in [6.45, 7) is 21.6. The van der Waals surface area contributed by atoms with Crippen molar-refractivity contribution < 1.29 is 61.8 Å². The minimum atomic E-state index is -0.472. The summed E-state index contributed by atoms with van der Waals surface area (Å²) in [5.74, 6) is 13.6. The highest BCUT2D eigenvalue weighted by Crippen LogP contribution is 2.44. The number of pyridine rings is 2. The van der Waals surface area contributed by atoms with Crippen molar-refractivity contribution >= 4 is 23.3 Å². The maximum absolute atomic E-state index is 7.10. The summed E-state index contributed by atoms with van der Waals surface area (Å²) >= 11 is 0. The van der Waals surface area contributed by atoms with E-state index in [0.717, 1.165) is 56.1 Å².